The SMILES string of the molecule is Cc1ccc2c(C)c(C(c3ccccc3)c3ccccc3O)[nH]c2c1. The number of H-pyrrole nitrogens is 1. The first-order valence-corrected chi connectivity index (χ1v) is 8.57. The molecule has 0 fully saturated rings. The molecule has 25 heavy (non-hydrogen) atoms. The molecule has 1 aromatic heterocycles. The highest BCUT2D eigenvalue weighted by molar-refractivity contribution is 5.85. The van der Waals surface area contributed by atoms with Gasteiger partial charge in [0.2, 0.25) is 0 Å². The fourth-order valence-corrected chi connectivity index (χ4v) is 3.64. The third-order valence-corrected chi connectivity index (χ3v) is 4.92. The van der Waals surface area contributed by atoms with Gasteiger partial charge in [-0.3, -0.25) is 0 Å². The van der Waals surface area contributed by atoms with Crippen molar-refractivity contribution in [1.29, 1.82) is 0 Å². The molecule has 4 rings (SSSR count). The second-order valence-electron chi connectivity index (χ2n) is 6.62. The molecule has 0 aliphatic rings. The molecular formula is C23H21NO. The summed E-state index contributed by atoms with van der Waals surface area (Å²) in [5, 5.41) is 11.7. The van der Waals surface area contributed by atoms with Crippen molar-refractivity contribution in [2.24, 2.45) is 0 Å². The van der Waals surface area contributed by atoms with Crippen molar-refractivity contribution < 1.29 is 5.11 Å². The zero-order chi connectivity index (χ0) is 17.4. The largest absolute Gasteiger partial charge is 0.508 e. The van der Waals surface area contributed by atoms with Crippen LogP contribution in [0, 0.1) is 13.8 Å². The van der Waals surface area contributed by atoms with E-state index < -0.39 is 0 Å². The van der Waals surface area contributed by atoms with Crippen molar-refractivity contribution in [3.05, 3.63) is 101 Å². The highest BCUT2D eigenvalue weighted by Crippen LogP contribution is 2.39. The third-order valence-electron chi connectivity index (χ3n) is 4.92. The predicted octanol–water partition coefficient (Wildman–Crippen LogP) is 5.67. The molecule has 0 spiro atoms. The summed E-state index contributed by atoms with van der Waals surface area (Å²) in [7, 11) is 0. The van der Waals surface area contributed by atoms with Crippen LogP contribution in [0.2, 0.25) is 0 Å². The summed E-state index contributed by atoms with van der Waals surface area (Å²) in [6.45, 7) is 4.26. The van der Waals surface area contributed by atoms with Crippen LogP contribution < -0.4 is 0 Å². The van der Waals surface area contributed by atoms with Crippen LogP contribution >= 0.6 is 0 Å². The minimum Gasteiger partial charge on any atom is -0.508 e. The van der Waals surface area contributed by atoms with Crippen LogP contribution in [-0.4, -0.2) is 10.1 Å². The van der Waals surface area contributed by atoms with Crippen molar-refractivity contribution in [2.45, 2.75) is 19.8 Å². The number of para-hydroxylation sites is 1. The Balaban J connectivity index is 1.99. The Kier molecular flexibility index (Phi) is 3.81. The maximum Gasteiger partial charge on any atom is 0.119 e. The van der Waals surface area contributed by atoms with Crippen LogP contribution in [-0.2, 0) is 0 Å². The van der Waals surface area contributed by atoms with Crippen molar-refractivity contribution in [3.63, 3.8) is 0 Å². The van der Waals surface area contributed by atoms with Gasteiger partial charge in [0.1, 0.15) is 5.75 Å². The number of aromatic amines is 1. The van der Waals surface area contributed by atoms with Gasteiger partial charge in [-0.05, 0) is 42.7 Å². The van der Waals surface area contributed by atoms with E-state index in [-0.39, 0.29) is 5.92 Å². The van der Waals surface area contributed by atoms with E-state index in [1.807, 2.05) is 36.4 Å². The normalized spacial score (nSPS) is 12.4. The Bertz CT molecular complexity index is 1030. The molecule has 3 aromatic carbocycles. The molecule has 0 radical (unpaired) electrons. The molecule has 0 bridgehead atoms. The molecule has 0 aliphatic heterocycles. The van der Waals surface area contributed by atoms with E-state index in [0.717, 1.165) is 22.3 Å². The van der Waals surface area contributed by atoms with Crippen LogP contribution in [0.1, 0.15) is 33.9 Å². The number of aromatic nitrogens is 1. The van der Waals surface area contributed by atoms with Gasteiger partial charge >= 0.3 is 0 Å². The van der Waals surface area contributed by atoms with Gasteiger partial charge in [-0.15, -0.1) is 0 Å². The average Bonchev–Trinajstić information content (AvgIpc) is 2.94. The molecule has 124 valence electrons. The molecule has 1 atom stereocenters. The number of phenolic OH excluding ortho intramolecular Hbond substituents is 1. The summed E-state index contributed by atoms with van der Waals surface area (Å²) in [4.78, 5) is 3.62. The smallest absolute Gasteiger partial charge is 0.119 e. The number of phenols is 1. The van der Waals surface area contributed by atoms with Crippen molar-refractivity contribution in [2.75, 3.05) is 0 Å². The molecule has 2 N–H and O–H groups in total. The highest BCUT2D eigenvalue weighted by Gasteiger charge is 2.23. The molecule has 2 heteroatoms. The van der Waals surface area contributed by atoms with Crippen LogP contribution in [0.4, 0.5) is 0 Å². The molecule has 0 aliphatic carbocycles. The fraction of sp³-hybridized carbons (Fsp3) is 0.130. The number of fused-ring (bicyclic) bond motifs is 1. The van der Waals surface area contributed by atoms with Gasteiger partial charge in [0, 0.05) is 22.2 Å². The molecule has 4 aromatic rings. The molecule has 2 nitrogen and oxygen atoms in total. The van der Waals surface area contributed by atoms with Crippen LogP contribution in [0.15, 0.2) is 72.8 Å². The molecule has 0 saturated heterocycles. The first kappa shape index (κ1) is 15.5. The Morgan fingerprint density at radius 1 is 0.840 bits per heavy atom. The number of hydrogen-bond acceptors (Lipinski definition) is 1. The Hall–Kier alpha value is -3.00. The second-order valence-corrected chi connectivity index (χ2v) is 6.62. The van der Waals surface area contributed by atoms with E-state index >= 15 is 0 Å². The summed E-state index contributed by atoms with van der Waals surface area (Å²) < 4.78 is 0. The highest BCUT2D eigenvalue weighted by atomic mass is 16.3. The summed E-state index contributed by atoms with van der Waals surface area (Å²) in [6.07, 6.45) is 0. The lowest BCUT2D eigenvalue weighted by Crippen LogP contribution is -2.05. The van der Waals surface area contributed by atoms with Gasteiger partial charge in [0.05, 0.1) is 5.92 Å². The summed E-state index contributed by atoms with van der Waals surface area (Å²) >= 11 is 0. The molecular weight excluding hydrogens is 306 g/mol. The van der Waals surface area contributed by atoms with E-state index in [4.69, 9.17) is 0 Å². The molecule has 1 heterocycles. The zero-order valence-electron chi connectivity index (χ0n) is 14.5. The van der Waals surface area contributed by atoms with Crippen LogP contribution in [0.5, 0.6) is 5.75 Å². The minimum atomic E-state index is -0.0323. The number of benzene rings is 3. The van der Waals surface area contributed by atoms with Crippen molar-refractivity contribution in [3.8, 4) is 5.75 Å². The summed E-state index contributed by atoms with van der Waals surface area (Å²) in [5.41, 5.74) is 6.82. The zero-order valence-corrected chi connectivity index (χ0v) is 14.5. The van der Waals surface area contributed by atoms with Gasteiger partial charge in [0.15, 0.2) is 0 Å². The number of nitrogens with one attached hydrogen (secondary N) is 1. The van der Waals surface area contributed by atoms with E-state index in [2.05, 4.69) is 49.2 Å². The number of hydrogen-bond donors (Lipinski definition) is 2. The van der Waals surface area contributed by atoms with Crippen molar-refractivity contribution >= 4 is 10.9 Å². The number of aromatic hydroxyl groups is 1. The molecule has 1 unspecified atom stereocenters. The van der Waals surface area contributed by atoms with Gasteiger partial charge in [0.25, 0.3) is 0 Å². The maximum absolute atomic E-state index is 10.5. The topological polar surface area (TPSA) is 36.0 Å². The Morgan fingerprint density at radius 3 is 2.32 bits per heavy atom. The molecule has 0 amide bonds. The van der Waals surface area contributed by atoms with Gasteiger partial charge in [-0.25, -0.2) is 0 Å². The van der Waals surface area contributed by atoms with Gasteiger partial charge < -0.3 is 10.1 Å². The average molecular weight is 327 g/mol. The standard InChI is InChI=1S/C23H21NO/c1-15-12-13-18-16(2)23(24-20(18)14-15)22(17-8-4-3-5-9-17)19-10-6-7-11-21(19)25/h3-14,22,24-25H,1-2H3. The quantitative estimate of drug-likeness (QED) is 0.499. The lowest BCUT2D eigenvalue weighted by atomic mass is 9.86. The first-order chi connectivity index (χ1) is 12.1. The Morgan fingerprint density at radius 2 is 1.56 bits per heavy atom. The first-order valence-electron chi connectivity index (χ1n) is 8.57. The van der Waals surface area contributed by atoms with Crippen LogP contribution in [0.25, 0.3) is 10.9 Å². The number of rotatable bonds is 3. The van der Waals surface area contributed by atoms with Gasteiger partial charge in [-0.1, -0.05) is 60.7 Å². The fourth-order valence-electron chi connectivity index (χ4n) is 3.64. The van der Waals surface area contributed by atoms with E-state index in [0.29, 0.717) is 5.75 Å². The summed E-state index contributed by atoms with van der Waals surface area (Å²) in [5.74, 6) is 0.292. The lowest BCUT2D eigenvalue weighted by Gasteiger charge is -2.19. The van der Waals surface area contributed by atoms with E-state index in [9.17, 15) is 5.11 Å². The van der Waals surface area contributed by atoms with Crippen LogP contribution in [0.3, 0.4) is 0 Å². The van der Waals surface area contributed by atoms with E-state index in [1.165, 1.54) is 16.5 Å². The lowest BCUT2D eigenvalue weighted by molar-refractivity contribution is 0.467. The second kappa shape index (κ2) is 6.14. The molecule has 0 saturated carbocycles. The van der Waals surface area contributed by atoms with Crippen molar-refractivity contribution in [1.82, 2.24) is 4.98 Å². The van der Waals surface area contributed by atoms with Gasteiger partial charge in [-0.2, -0.15) is 0 Å². The third kappa shape index (κ3) is 2.70. The van der Waals surface area contributed by atoms with E-state index in [1.54, 1.807) is 6.07 Å². The Labute approximate surface area is 147 Å². The predicted molar refractivity (Wildman–Crippen MR) is 103 cm³/mol. The minimum absolute atomic E-state index is 0.0323. The maximum atomic E-state index is 10.5. The number of aryl methyl sites for hydroxylation is 2. The monoisotopic (exact) mass is 327 g/mol. The summed E-state index contributed by atoms with van der Waals surface area (Å²) in [6, 6.07) is 24.4.